The van der Waals surface area contributed by atoms with Gasteiger partial charge in [-0.3, -0.25) is 4.79 Å². The molecule has 0 atom stereocenters. The summed E-state index contributed by atoms with van der Waals surface area (Å²) >= 11 is 0. The lowest BCUT2D eigenvalue weighted by Crippen LogP contribution is -2.07. The van der Waals surface area contributed by atoms with E-state index in [1.165, 1.54) is 0 Å². The number of nitrogens with zero attached hydrogens (tertiary/aromatic N) is 1. The molecular formula is C20H21NO. The van der Waals surface area contributed by atoms with E-state index in [0.29, 0.717) is 0 Å². The minimum absolute atomic E-state index is 0.0283. The van der Waals surface area contributed by atoms with Crippen molar-refractivity contribution in [3.63, 3.8) is 0 Å². The Labute approximate surface area is 132 Å². The highest BCUT2D eigenvalue weighted by Gasteiger charge is 2.00. The Morgan fingerprint density at radius 3 is 2.14 bits per heavy atom. The van der Waals surface area contributed by atoms with E-state index in [-0.39, 0.29) is 5.78 Å². The van der Waals surface area contributed by atoms with E-state index in [0.717, 1.165) is 22.4 Å². The van der Waals surface area contributed by atoms with Crippen LogP contribution < -0.4 is 4.90 Å². The lowest BCUT2D eigenvalue weighted by Gasteiger charge is -2.11. The van der Waals surface area contributed by atoms with Gasteiger partial charge in [-0.2, -0.15) is 0 Å². The van der Waals surface area contributed by atoms with Crippen LogP contribution in [-0.4, -0.2) is 19.9 Å². The van der Waals surface area contributed by atoms with Crippen molar-refractivity contribution in [2.75, 3.05) is 19.0 Å². The summed E-state index contributed by atoms with van der Waals surface area (Å²) in [5.41, 5.74) is 3.93. The summed E-state index contributed by atoms with van der Waals surface area (Å²) in [7, 11) is 4.01. The molecular weight excluding hydrogens is 270 g/mol. The van der Waals surface area contributed by atoms with E-state index in [9.17, 15) is 4.79 Å². The largest absolute Gasteiger partial charge is 0.378 e. The molecule has 0 bridgehead atoms. The number of ketones is 1. The van der Waals surface area contributed by atoms with Gasteiger partial charge in [-0.15, -0.1) is 0 Å². The monoisotopic (exact) mass is 291 g/mol. The topological polar surface area (TPSA) is 20.3 Å². The van der Waals surface area contributed by atoms with E-state index in [2.05, 4.69) is 0 Å². The molecule has 0 saturated heterocycles. The molecule has 22 heavy (non-hydrogen) atoms. The fraction of sp³-hybridized carbons (Fsp3) is 0.150. The van der Waals surface area contributed by atoms with Crippen LogP contribution in [0.2, 0.25) is 0 Å². The first-order valence-electron chi connectivity index (χ1n) is 7.29. The molecule has 2 rings (SSSR count). The molecule has 0 heterocycles. The van der Waals surface area contributed by atoms with Crippen LogP contribution in [-0.2, 0) is 4.79 Å². The highest BCUT2D eigenvalue weighted by atomic mass is 16.1. The third-order valence-electron chi connectivity index (χ3n) is 3.41. The Kier molecular flexibility index (Phi) is 5.31. The maximum absolute atomic E-state index is 12.1. The molecule has 112 valence electrons. The molecule has 2 aromatic rings. The van der Waals surface area contributed by atoms with Crippen molar-refractivity contribution in [2.45, 2.75) is 6.92 Å². The number of carbonyl (C=O) groups excluding carboxylic acids is 1. The summed E-state index contributed by atoms with van der Waals surface area (Å²) in [6.07, 6.45) is 5.38. The van der Waals surface area contributed by atoms with Crippen molar-refractivity contribution in [3.8, 4) is 0 Å². The number of hydrogen-bond acceptors (Lipinski definition) is 2. The van der Waals surface area contributed by atoms with Gasteiger partial charge in [0.2, 0.25) is 0 Å². The van der Waals surface area contributed by atoms with Crippen molar-refractivity contribution in [1.82, 2.24) is 0 Å². The molecule has 0 N–H and O–H groups in total. The molecule has 0 aromatic heterocycles. The molecule has 0 aliphatic carbocycles. The van der Waals surface area contributed by atoms with Crippen LogP contribution in [0.1, 0.15) is 18.1 Å². The third kappa shape index (κ3) is 4.45. The fourth-order valence-electron chi connectivity index (χ4n) is 2.06. The van der Waals surface area contributed by atoms with Crippen LogP contribution >= 0.6 is 0 Å². The SMILES string of the molecule is C/C(=C\c1ccccc1)C(=O)/C=C/c1ccc(N(C)C)cc1. The third-order valence-corrected chi connectivity index (χ3v) is 3.41. The van der Waals surface area contributed by atoms with Crippen LogP contribution in [0.5, 0.6) is 0 Å². The summed E-state index contributed by atoms with van der Waals surface area (Å²) in [4.78, 5) is 14.2. The number of hydrogen-bond donors (Lipinski definition) is 0. The molecule has 0 unspecified atom stereocenters. The van der Waals surface area contributed by atoms with Crippen molar-refractivity contribution in [3.05, 3.63) is 77.4 Å². The van der Waals surface area contributed by atoms with Crippen molar-refractivity contribution in [2.24, 2.45) is 0 Å². The molecule has 0 aliphatic rings. The van der Waals surface area contributed by atoms with Gasteiger partial charge < -0.3 is 4.90 Å². The minimum Gasteiger partial charge on any atom is -0.378 e. The first-order chi connectivity index (χ1) is 10.6. The number of anilines is 1. The molecule has 0 spiro atoms. The van der Waals surface area contributed by atoms with Crippen molar-refractivity contribution >= 4 is 23.6 Å². The van der Waals surface area contributed by atoms with Gasteiger partial charge in [0.05, 0.1) is 0 Å². The average Bonchev–Trinajstić information content (AvgIpc) is 2.53. The van der Waals surface area contributed by atoms with E-state index < -0.39 is 0 Å². The molecule has 2 nitrogen and oxygen atoms in total. The van der Waals surface area contributed by atoms with Crippen molar-refractivity contribution in [1.29, 1.82) is 0 Å². The maximum Gasteiger partial charge on any atom is 0.181 e. The molecule has 2 heteroatoms. The second-order valence-electron chi connectivity index (χ2n) is 5.42. The quantitative estimate of drug-likeness (QED) is 0.759. The van der Waals surface area contributed by atoms with E-state index in [4.69, 9.17) is 0 Å². The van der Waals surface area contributed by atoms with Gasteiger partial charge in [0.15, 0.2) is 5.78 Å². The normalized spacial score (nSPS) is 11.7. The fourth-order valence-corrected chi connectivity index (χ4v) is 2.06. The van der Waals surface area contributed by atoms with Crippen LogP contribution in [0.15, 0.2) is 66.2 Å². The predicted octanol–water partition coefficient (Wildman–Crippen LogP) is 4.44. The lowest BCUT2D eigenvalue weighted by molar-refractivity contribution is -0.111. The van der Waals surface area contributed by atoms with E-state index in [1.807, 2.05) is 92.7 Å². The summed E-state index contributed by atoms with van der Waals surface area (Å²) in [5.74, 6) is 0.0283. The number of benzene rings is 2. The number of carbonyl (C=O) groups is 1. The summed E-state index contributed by atoms with van der Waals surface area (Å²) in [6, 6.07) is 18.0. The van der Waals surface area contributed by atoms with Crippen LogP contribution in [0.3, 0.4) is 0 Å². The second kappa shape index (κ2) is 7.41. The van der Waals surface area contributed by atoms with E-state index in [1.54, 1.807) is 6.08 Å². The van der Waals surface area contributed by atoms with Gasteiger partial charge in [0, 0.05) is 19.8 Å². The number of allylic oxidation sites excluding steroid dienone is 2. The zero-order chi connectivity index (χ0) is 15.9. The zero-order valence-corrected chi connectivity index (χ0v) is 13.3. The van der Waals surface area contributed by atoms with Crippen molar-refractivity contribution < 1.29 is 4.79 Å². The van der Waals surface area contributed by atoms with Gasteiger partial charge in [0.25, 0.3) is 0 Å². The maximum atomic E-state index is 12.1. The first-order valence-corrected chi connectivity index (χ1v) is 7.29. The highest BCUT2D eigenvalue weighted by Crippen LogP contribution is 2.14. The lowest BCUT2D eigenvalue weighted by atomic mass is 10.1. The van der Waals surface area contributed by atoms with Crippen LogP contribution in [0.4, 0.5) is 5.69 Å². The highest BCUT2D eigenvalue weighted by molar-refractivity contribution is 6.08. The predicted molar refractivity (Wildman–Crippen MR) is 94.9 cm³/mol. The molecule has 0 amide bonds. The Morgan fingerprint density at radius 1 is 0.909 bits per heavy atom. The van der Waals surface area contributed by atoms with Gasteiger partial charge in [-0.25, -0.2) is 0 Å². The average molecular weight is 291 g/mol. The Morgan fingerprint density at radius 2 is 1.55 bits per heavy atom. The Hall–Kier alpha value is -2.61. The molecule has 0 fully saturated rings. The van der Waals surface area contributed by atoms with Gasteiger partial charge in [-0.1, -0.05) is 48.5 Å². The Balaban J connectivity index is 2.06. The van der Waals surface area contributed by atoms with E-state index >= 15 is 0 Å². The standard InChI is InChI=1S/C20H21NO/c1-16(15-18-7-5-4-6-8-18)20(22)14-11-17-9-12-19(13-10-17)21(2)3/h4-15H,1-3H3/b14-11+,16-15+. The summed E-state index contributed by atoms with van der Waals surface area (Å²) < 4.78 is 0. The minimum atomic E-state index is 0.0283. The summed E-state index contributed by atoms with van der Waals surface area (Å²) in [6.45, 7) is 1.84. The molecule has 2 aromatic carbocycles. The van der Waals surface area contributed by atoms with Gasteiger partial charge >= 0.3 is 0 Å². The van der Waals surface area contributed by atoms with Crippen LogP contribution in [0, 0.1) is 0 Å². The van der Waals surface area contributed by atoms with Crippen LogP contribution in [0.25, 0.3) is 12.2 Å². The molecule has 0 radical (unpaired) electrons. The summed E-state index contributed by atoms with van der Waals surface area (Å²) in [5, 5.41) is 0. The zero-order valence-electron chi connectivity index (χ0n) is 13.3. The Bertz CT molecular complexity index is 679. The van der Waals surface area contributed by atoms with Gasteiger partial charge in [0.1, 0.15) is 0 Å². The molecule has 0 saturated carbocycles. The second-order valence-corrected chi connectivity index (χ2v) is 5.42. The smallest absolute Gasteiger partial charge is 0.181 e. The van der Waals surface area contributed by atoms with Gasteiger partial charge in [-0.05, 0) is 47.9 Å². The first kappa shape index (κ1) is 15.8. The number of rotatable bonds is 5. The molecule has 0 aliphatic heterocycles.